The highest BCUT2D eigenvalue weighted by atomic mass is 16.8. The Morgan fingerprint density at radius 2 is 1.48 bits per heavy atom. The molecule has 2 aromatic carbocycles. The van der Waals surface area contributed by atoms with E-state index < -0.39 is 42.8 Å². The zero-order chi connectivity index (χ0) is 30.5. The highest BCUT2D eigenvalue weighted by Gasteiger charge is 2.45. The minimum absolute atomic E-state index is 0.0356. The van der Waals surface area contributed by atoms with Crippen LogP contribution >= 0.6 is 0 Å². The first-order valence-corrected chi connectivity index (χ1v) is 12.6. The summed E-state index contributed by atoms with van der Waals surface area (Å²) in [6, 6.07) is 18.4. The van der Waals surface area contributed by atoms with Gasteiger partial charge in [-0.1, -0.05) is 65.8 Å². The first-order chi connectivity index (χ1) is 20.1. The number of amides is 1. The van der Waals surface area contributed by atoms with Crippen LogP contribution in [0.2, 0.25) is 0 Å². The Morgan fingerprint density at radius 3 is 2.00 bits per heavy atom. The second-order valence-corrected chi connectivity index (χ2v) is 8.95. The molecule has 0 radical (unpaired) electrons. The van der Waals surface area contributed by atoms with E-state index >= 15 is 0 Å². The van der Waals surface area contributed by atoms with E-state index in [2.05, 4.69) is 20.1 Å². The van der Waals surface area contributed by atoms with Crippen molar-refractivity contribution < 1.29 is 48.4 Å². The average molecular weight is 586 g/mol. The van der Waals surface area contributed by atoms with E-state index in [1.54, 1.807) is 26.0 Å². The second-order valence-electron chi connectivity index (χ2n) is 8.95. The van der Waals surface area contributed by atoms with Crippen LogP contribution in [-0.4, -0.2) is 73.8 Å². The monoisotopic (exact) mass is 585 g/mol. The fourth-order valence-electron chi connectivity index (χ4n) is 3.38. The quantitative estimate of drug-likeness (QED) is 0.143. The van der Waals surface area contributed by atoms with Crippen LogP contribution in [0, 0.1) is 0 Å². The summed E-state index contributed by atoms with van der Waals surface area (Å²) >= 11 is 0. The normalized spacial score (nSPS) is 19.0. The summed E-state index contributed by atoms with van der Waals surface area (Å²) in [5, 5.41) is 27.4. The number of nitrogens with zero attached hydrogens (tertiary/aromatic N) is 4. The van der Waals surface area contributed by atoms with Crippen molar-refractivity contribution in [1.29, 1.82) is 0 Å². The summed E-state index contributed by atoms with van der Waals surface area (Å²) in [4.78, 5) is 41.8. The van der Waals surface area contributed by atoms with Crippen LogP contribution in [0.3, 0.4) is 0 Å². The zero-order valence-corrected chi connectivity index (χ0v) is 22.8. The van der Waals surface area contributed by atoms with Crippen LogP contribution in [0.15, 0.2) is 72.1 Å². The number of ether oxygens (including phenoxy) is 4. The molecular weight excluding hydrogens is 554 g/mol. The van der Waals surface area contributed by atoms with Crippen LogP contribution in [0.4, 0.5) is 9.59 Å². The Kier molecular flexibility index (Phi) is 11.9. The first kappa shape index (κ1) is 31.7. The van der Waals surface area contributed by atoms with E-state index in [1.165, 1.54) is 0 Å². The number of hydrogen-bond acceptors (Lipinski definition) is 13. The molecule has 1 fully saturated rings. The number of oxime groups is 1. The Morgan fingerprint density at radius 1 is 0.905 bits per heavy atom. The zero-order valence-electron chi connectivity index (χ0n) is 22.8. The van der Waals surface area contributed by atoms with Gasteiger partial charge < -0.3 is 34.9 Å². The summed E-state index contributed by atoms with van der Waals surface area (Å²) in [6.45, 7) is 3.33. The van der Waals surface area contributed by atoms with Crippen LogP contribution in [0.1, 0.15) is 41.8 Å². The van der Waals surface area contributed by atoms with Crippen LogP contribution in [0.25, 0.3) is 0 Å². The van der Waals surface area contributed by atoms with Crippen molar-refractivity contribution in [1.82, 2.24) is 14.8 Å². The fourth-order valence-corrected chi connectivity index (χ4v) is 3.38. The Bertz CT molecular complexity index is 1330. The maximum absolute atomic E-state index is 11.7. The molecule has 1 aromatic heterocycles. The van der Waals surface area contributed by atoms with Gasteiger partial charge in [-0.15, -0.1) is 5.10 Å². The van der Waals surface area contributed by atoms with Crippen molar-refractivity contribution in [2.45, 2.75) is 51.6 Å². The summed E-state index contributed by atoms with van der Waals surface area (Å²) in [5.74, 6) is -1.10. The van der Waals surface area contributed by atoms with Crippen molar-refractivity contribution in [2.24, 2.45) is 10.9 Å². The maximum atomic E-state index is 11.7. The average Bonchev–Trinajstić information content (AvgIpc) is 3.59. The van der Waals surface area contributed by atoms with E-state index in [-0.39, 0.29) is 25.6 Å². The van der Waals surface area contributed by atoms with Gasteiger partial charge in [0.05, 0.1) is 5.71 Å². The van der Waals surface area contributed by atoms with Gasteiger partial charge in [-0.3, -0.25) is 9.63 Å². The molecule has 224 valence electrons. The fraction of sp³-hybridized carbons (Fsp3) is 0.333. The minimum atomic E-state index is -1.37. The summed E-state index contributed by atoms with van der Waals surface area (Å²) in [6.07, 6.45) is -5.45. The predicted octanol–water partition coefficient (Wildman–Crippen LogP) is 2.09. The van der Waals surface area contributed by atoms with Gasteiger partial charge in [0, 0.05) is 0 Å². The maximum Gasteiger partial charge on any atom is 0.535 e. The summed E-state index contributed by atoms with van der Waals surface area (Å²) in [7, 11) is 0. The van der Waals surface area contributed by atoms with E-state index in [9.17, 15) is 24.6 Å². The minimum Gasteiger partial charge on any atom is -0.431 e. The van der Waals surface area contributed by atoms with Crippen molar-refractivity contribution in [3.8, 4) is 0 Å². The van der Waals surface area contributed by atoms with Gasteiger partial charge in [-0.05, 0) is 25.0 Å². The molecular formula is C27H31N5O10. The van der Waals surface area contributed by atoms with Gasteiger partial charge in [0.1, 0.15) is 44.5 Å². The molecule has 0 aliphatic carbocycles. The van der Waals surface area contributed by atoms with Gasteiger partial charge in [-0.2, -0.15) is 0 Å². The van der Waals surface area contributed by atoms with Gasteiger partial charge in [0.2, 0.25) is 5.82 Å². The molecule has 2 unspecified atom stereocenters. The topological polar surface area (TPSA) is 207 Å². The van der Waals surface area contributed by atoms with E-state index in [4.69, 9.17) is 24.7 Å². The number of aliphatic hydroxyl groups excluding tert-OH is 2. The molecule has 0 saturated carbocycles. The lowest BCUT2D eigenvalue weighted by Gasteiger charge is -2.14. The van der Waals surface area contributed by atoms with Crippen molar-refractivity contribution in [3.63, 3.8) is 0 Å². The first-order valence-electron chi connectivity index (χ1n) is 12.6. The lowest BCUT2D eigenvalue weighted by molar-refractivity contribution is -0.0678. The van der Waals surface area contributed by atoms with Gasteiger partial charge in [0.25, 0.3) is 5.91 Å². The molecule has 2 heterocycles. The number of carbonyl (C=O) groups excluding carboxylic acids is 3. The highest BCUT2D eigenvalue weighted by molar-refractivity contribution is 5.88. The summed E-state index contributed by atoms with van der Waals surface area (Å²) < 4.78 is 21.2. The second kappa shape index (κ2) is 15.8. The Hall–Kier alpha value is -4.86. The number of hydrogen-bond donors (Lipinski definition) is 3. The largest absolute Gasteiger partial charge is 0.535 e. The standard InChI is InChI=1S/C16H18N4O7.C11H13NO3/c17-13(23)14-18-8-20(19-14)15-12(22)11(21)10(27-15)7-26-16(24)25-6-9-4-2-1-3-5-9;1-9(2)12-15-11(13)14-8-10-6-4-3-5-7-10/h1-5,8,10-12,15,21-22H,6-7H2,(H2,17,23);3-7H,8H2,1-2H3/t10-,11?,12?,15-;/m1./s1. The molecule has 0 bridgehead atoms. The molecule has 4 atom stereocenters. The van der Waals surface area contributed by atoms with E-state index in [0.29, 0.717) is 5.71 Å². The molecule has 3 aromatic rings. The molecule has 1 aliphatic rings. The molecule has 1 amide bonds. The number of benzene rings is 2. The number of primary amides is 1. The number of carbonyl (C=O) groups is 3. The number of rotatable bonds is 9. The molecule has 4 N–H and O–H groups in total. The van der Waals surface area contributed by atoms with Crippen molar-refractivity contribution >= 4 is 23.9 Å². The van der Waals surface area contributed by atoms with E-state index in [0.717, 1.165) is 22.1 Å². The van der Waals surface area contributed by atoms with Gasteiger partial charge in [0.15, 0.2) is 6.23 Å². The third kappa shape index (κ3) is 9.96. The smallest absolute Gasteiger partial charge is 0.431 e. The molecule has 42 heavy (non-hydrogen) atoms. The lowest BCUT2D eigenvalue weighted by Crippen LogP contribution is -2.34. The lowest BCUT2D eigenvalue weighted by atomic mass is 10.1. The SMILES string of the molecule is CC(C)=NOC(=O)OCc1ccccc1.NC(=O)c1ncn([C@@H]2O[C@H](COC(=O)OCc3ccccc3)C(O)C2O)n1. The highest BCUT2D eigenvalue weighted by Crippen LogP contribution is 2.29. The molecule has 15 heteroatoms. The third-order valence-electron chi connectivity index (χ3n) is 5.39. The number of nitrogens with two attached hydrogens (primary N) is 1. The molecule has 1 saturated heterocycles. The number of aromatic nitrogens is 3. The van der Waals surface area contributed by atoms with Crippen molar-refractivity contribution in [2.75, 3.05) is 6.61 Å². The van der Waals surface area contributed by atoms with E-state index in [1.807, 2.05) is 48.5 Å². The molecule has 15 nitrogen and oxygen atoms in total. The Balaban J connectivity index is 0.000000274. The molecule has 0 spiro atoms. The van der Waals surface area contributed by atoms with Crippen LogP contribution in [0.5, 0.6) is 0 Å². The Labute approximate surface area is 240 Å². The van der Waals surface area contributed by atoms with Crippen molar-refractivity contribution in [3.05, 3.63) is 83.9 Å². The van der Waals surface area contributed by atoms with Gasteiger partial charge in [-0.25, -0.2) is 19.3 Å². The molecule has 1 aliphatic heterocycles. The van der Waals surface area contributed by atoms with Crippen LogP contribution in [-0.2, 0) is 37.0 Å². The number of aliphatic hydroxyl groups is 2. The van der Waals surface area contributed by atoms with Crippen LogP contribution < -0.4 is 5.73 Å². The summed E-state index contributed by atoms with van der Waals surface area (Å²) in [5.41, 5.74) is 7.42. The predicted molar refractivity (Wildman–Crippen MR) is 144 cm³/mol. The van der Waals surface area contributed by atoms with Gasteiger partial charge >= 0.3 is 12.3 Å². The third-order valence-corrected chi connectivity index (χ3v) is 5.39. The molecule has 4 rings (SSSR count).